The summed E-state index contributed by atoms with van der Waals surface area (Å²) in [4.78, 5) is 0. The molecule has 3 nitrogen and oxygen atoms in total. The summed E-state index contributed by atoms with van der Waals surface area (Å²) in [5.41, 5.74) is 3.87. The first-order valence-corrected chi connectivity index (χ1v) is 5.27. The highest BCUT2D eigenvalue weighted by Crippen LogP contribution is 2.29. The van der Waals surface area contributed by atoms with Crippen LogP contribution in [0.3, 0.4) is 0 Å². The number of methoxy groups -OCH3 is 1. The molecule has 1 rings (SSSR count). The molecule has 0 spiro atoms. The average Bonchev–Trinajstić information content (AvgIpc) is 2.21. The highest BCUT2D eigenvalue weighted by molar-refractivity contribution is 6.32. The van der Waals surface area contributed by atoms with Crippen molar-refractivity contribution in [2.45, 2.75) is 19.9 Å². The molecule has 0 aliphatic carbocycles. The molecule has 1 aromatic rings. The van der Waals surface area contributed by atoms with Crippen LogP contribution in [0.1, 0.15) is 25.5 Å². The first-order chi connectivity index (χ1) is 7.10. The zero-order valence-electron chi connectivity index (χ0n) is 9.25. The summed E-state index contributed by atoms with van der Waals surface area (Å²) in [7, 11) is 1.60. The Morgan fingerprint density at radius 1 is 1.40 bits per heavy atom. The third kappa shape index (κ3) is 2.84. The summed E-state index contributed by atoms with van der Waals surface area (Å²) in [6.45, 7) is 4.21. The number of hydrogen-bond donors (Lipinski definition) is 2. The molecule has 1 unspecified atom stereocenters. The predicted octanol–water partition coefficient (Wildman–Crippen LogP) is 2.51. The Balaban J connectivity index is 3.03. The maximum atomic E-state index is 5.95. The van der Waals surface area contributed by atoms with Crippen LogP contribution in [0.5, 0.6) is 5.75 Å². The summed E-state index contributed by atoms with van der Waals surface area (Å²) in [5, 5.41) is 0.612. The van der Waals surface area contributed by atoms with E-state index in [1.807, 2.05) is 18.2 Å². The van der Waals surface area contributed by atoms with Crippen molar-refractivity contribution >= 4 is 11.6 Å². The monoisotopic (exact) mass is 228 g/mol. The minimum absolute atomic E-state index is 0.108. The van der Waals surface area contributed by atoms with Crippen molar-refractivity contribution in [2.24, 2.45) is 11.8 Å². The number of hydrazine groups is 1. The molecule has 0 aliphatic heterocycles. The van der Waals surface area contributed by atoms with E-state index in [-0.39, 0.29) is 6.04 Å². The lowest BCUT2D eigenvalue weighted by Gasteiger charge is -2.20. The van der Waals surface area contributed by atoms with Crippen LogP contribution in [0.15, 0.2) is 18.2 Å². The maximum Gasteiger partial charge on any atom is 0.137 e. The zero-order chi connectivity index (χ0) is 11.4. The van der Waals surface area contributed by atoms with Crippen LogP contribution in [0.25, 0.3) is 0 Å². The lowest BCUT2D eigenvalue weighted by atomic mass is 9.96. The van der Waals surface area contributed by atoms with Crippen LogP contribution in [0, 0.1) is 5.92 Å². The summed E-state index contributed by atoms with van der Waals surface area (Å²) in [5.74, 6) is 6.59. The van der Waals surface area contributed by atoms with Gasteiger partial charge in [0, 0.05) is 6.04 Å². The molecular weight excluding hydrogens is 212 g/mol. The van der Waals surface area contributed by atoms with Gasteiger partial charge in [-0.3, -0.25) is 11.3 Å². The van der Waals surface area contributed by atoms with Crippen molar-refractivity contribution in [1.29, 1.82) is 0 Å². The number of rotatable bonds is 4. The van der Waals surface area contributed by atoms with Crippen molar-refractivity contribution in [2.75, 3.05) is 7.11 Å². The van der Waals surface area contributed by atoms with Crippen LogP contribution in [0.2, 0.25) is 5.02 Å². The van der Waals surface area contributed by atoms with Gasteiger partial charge < -0.3 is 4.74 Å². The Morgan fingerprint density at radius 3 is 2.53 bits per heavy atom. The minimum Gasteiger partial charge on any atom is -0.495 e. The second kappa shape index (κ2) is 5.35. The fourth-order valence-electron chi connectivity index (χ4n) is 1.54. The smallest absolute Gasteiger partial charge is 0.137 e. The molecule has 0 heterocycles. The van der Waals surface area contributed by atoms with Crippen molar-refractivity contribution in [1.82, 2.24) is 5.43 Å². The van der Waals surface area contributed by atoms with Gasteiger partial charge in [0.2, 0.25) is 0 Å². The quantitative estimate of drug-likeness (QED) is 0.615. The van der Waals surface area contributed by atoms with Crippen LogP contribution in [-0.2, 0) is 0 Å². The number of benzene rings is 1. The Bertz CT molecular complexity index is 328. The van der Waals surface area contributed by atoms with Gasteiger partial charge in [0.15, 0.2) is 0 Å². The molecule has 4 heteroatoms. The summed E-state index contributed by atoms with van der Waals surface area (Å²) < 4.78 is 5.16. The van der Waals surface area contributed by atoms with E-state index in [4.69, 9.17) is 22.2 Å². The molecular formula is C11H17ClN2O. The molecule has 0 aliphatic rings. The topological polar surface area (TPSA) is 47.3 Å². The van der Waals surface area contributed by atoms with E-state index < -0.39 is 0 Å². The van der Waals surface area contributed by atoms with E-state index in [0.29, 0.717) is 16.7 Å². The van der Waals surface area contributed by atoms with Crippen molar-refractivity contribution in [3.63, 3.8) is 0 Å². The molecule has 84 valence electrons. The molecule has 15 heavy (non-hydrogen) atoms. The van der Waals surface area contributed by atoms with E-state index in [0.717, 1.165) is 5.56 Å². The lowest BCUT2D eigenvalue weighted by molar-refractivity contribution is 0.403. The number of halogens is 1. The molecule has 1 atom stereocenters. The molecule has 0 aromatic heterocycles. The van der Waals surface area contributed by atoms with Gasteiger partial charge in [0.05, 0.1) is 12.1 Å². The average molecular weight is 229 g/mol. The molecule has 0 saturated carbocycles. The summed E-state index contributed by atoms with van der Waals surface area (Å²) in [6, 6.07) is 5.79. The number of ether oxygens (including phenoxy) is 1. The molecule has 3 N–H and O–H groups in total. The fraction of sp³-hybridized carbons (Fsp3) is 0.455. The first-order valence-electron chi connectivity index (χ1n) is 4.89. The number of nitrogens with one attached hydrogen (secondary N) is 1. The second-order valence-corrected chi connectivity index (χ2v) is 4.19. The van der Waals surface area contributed by atoms with Crippen LogP contribution in [-0.4, -0.2) is 7.11 Å². The molecule has 0 fully saturated rings. The standard InChI is InChI=1S/C11H17ClN2O/c1-7(2)11(14-13)8-4-5-9(12)10(6-8)15-3/h4-7,11,14H,13H2,1-3H3. The molecule has 0 radical (unpaired) electrons. The molecule has 0 amide bonds. The third-order valence-corrected chi connectivity index (χ3v) is 2.69. The van der Waals surface area contributed by atoms with Gasteiger partial charge in [0.25, 0.3) is 0 Å². The van der Waals surface area contributed by atoms with Crippen molar-refractivity contribution < 1.29 is 4.74 Å². The number of hydrogen-bond acceptors (Lipinski definition) is 3. The van der Waals surface area contributed by atoms with Gasteiger partial charge in [-0.15, -0.1) is 0 Å². The largest absolute Gasteiger partial charge is 0.495 e. The van der Waals surface area contributed by atoms with Gasteiger partial charge in [0.1, 0.15) is 5.75 Å². The maximum absolute atomic E-state index is 5.95. The highest BCUT2D eigenvalue weighted by Gasteiger charge is 2.15. The molecule has 0 saturated heterocycles. The molecule has 1 aromatic carbocycles. The van der Waals surface area contributed by atoms with Crippen LogP contribution >= 0.6 is 11.6 Å². The Hall–Kier alpha value is -0.770. The van der Waals surface area contributed by atoms with Gasteiger partial charge >= 0.3 is 0 Å². The summed E-state index contributed by atoms with van der Waals surface area (Å²) >= 11 is 5.95. The Morgan fingerprint density at radius 2 is 2.07 bits per heavy atom. The first kappa shape index (κ1) is 12.3. The lowest BCUT2D eigenvalue weighted by Crippen LogP contribution is -2.31. The minimum atomic E-state index is 0.108. The van der Waals surface area contributed by atoms with Gasteiger partial charge in [-0.2, -0.15) is 0 Å². The fourth-order valence-corrected chi connectivity index (χ4v) is 1.74. The second-order valence-electron chi connectivity index (χ2n) is 3.78. The van der Waals surface area contributed by atoms with E-state index >= 15 is 0 Å². The SMILES string of the molecule is COc1cc(C(NN)C(C)C)ccc1Cl. The predicted molar refractivity (Wildman–Crippen MR) is 62.9 cm³/mol. The van der Waals surface area contributed by atoms with Crippen molar-refractivity contribution in [3.8, 4) is 5.75 Å². The third-order valence-electron chi connectivity index (χ3n) is 2.38. The highest BCUT2D eigenvalue weighted by atomic mass is 35.5. The van der Waals surface area contributed by atoms with E-state index in [9.17, 15) is 0 Å². The molecule has 0 bridgehead atoms. The van der Waals surface area contributed by atoms with Gasteiger partial charge in [-0.05, 0) is 23.6 Å². The van der Waals surface area contributed by atoms with E-state index in [2.05, 4.69) is 19.3 Å². The zero-order valence-corrected chi connectivity index (χ0v) is 10.0. The van der Waals surface area contributed by atoms with E-state index in [1.54, 1.807) is 7.11 Å². The van der Waals surface area contributed by atoms with Gasteiger partial charge in [-0.1, -0.05) is 31.5 Å². The Labute approximate surface area is 95.5 Å². The number of nitrogens with two attached hydrogens (primary N) is 1. The van der Waals surface area contributed by atoms with Crippen molar-refractivity contribution in [3.05, 3.63) is 28.8 Å². The Kier molecular flexibility index (Phi) is 4.39. The van der Waals surface area contributed by atoms with Gasteiger partial charge in [-0.25, -0.2) is 0 Å². The van der Waals surface area contributed by atoms with Crippen LogP contribution in [0.4, 0.5) is 0 Å². The van der Waals surface area contributed by atoms with Crippen LogP contribution < -0.4 is 16.0 Å². The van der Waals surface area contributed by atoms with E-state index in [1.165, 1.54) is 0 Å². The normalized spacial score (nSPS) is 12.9. The summed E-state index contributed by atoms with van der Waals surface area (Å²) in [6.07, 6.45) is 0.